The molecule has 2 saturated heterocycles. The third-order valence-electron chi connectivity index (χ3n) is 5.67. The molecular weight excluding hydrogens is 376 g/mol. The molecule has 0 bridgehead atoms. The molecule has 0 aromatic heterocycles. The van der Waals surface area contributed by atoms with Crippen molar-refractivity contribution in [2.45, 2.75) is 31.1 Å². The average Bonchev–Trinajstić information content (AvgIpc) is 3.27. The number of benzene rings is 1. The van der Waals surface area contributed by atoms with Crippen LogP contribution < -0.4 is 5.32 Å². The number of amides is 1. The Hall–Kier alpha value is -1.48. The fourth-order valence-electron chi connectivity index (χ4n) is 3.79. The van der Waals surface area contributed by atoms with E-state index in [0.29, 0.717) is 25.2 Å². The summed E-state index contributed by atoms with van der Waals surface area (Å²) in [6.07, 6.45) is 2.74. The quantitative estimate of drug-likeness (QED) is 0.655. The van der Waals surface area contributed by atoms with Crippen LogP contribution in [0.3, 0.4) is 0 Å². The first-order valence-electron chi connectivity index (χ1n) is 10.3. The van der Waals surface area contributed by atoms with Crippen LogP contribution in [-0.4, -0.2) is 87.3 Å². The lowest BCUT2D eigenvalue weighted by Gasteiger charge is -2.33. The molecule has 0 spiro atoms. The first kappa shape index (κ1) is 21.2. The molecule has 3 rings (SSSR count). The molecule has 7 nitrogen and oxygen atoms in total. The molecule has 2 aliphatic heterocycles. The minimum Gasteiger partial charge on any atom is -0.352 e. The van der Waals surface area contributed by atoms with Crippen molar-refractivity contribution in [3.05, 3.63) is 29.8 Å². The highest BCUT2D eigenvalue weighted by Crippen LogP contribution is 2.21. The number of carbonyl (C=O) groups is 1. The molecule has 0 aliphatic carbocycles. The summed E-state index contributed by atoms with van der Waals surface area (Å²) in [7, 11) is -3.43. The summed E-state index contributed by atoms with van der Waals surface area (Å²) in [6.45, 7) is 10.5. The number of rotatable bonds is 8. The lowest BCUT2D eigenvalue weighted by atomic mass is 10.2. The highest BCUT2D eigenvalue weighted by atomic mass is 32.2. The number of likely N-dealkylation sites (N-methyl/N-ethyl adjacent to an activating group) is 1. The third kappa shape index (κ3) is 5.31. The normalized spacial score (nSPS) is 19.8. The zero-order chi connectivity index (χ0) is 20.0. The number of nitrogens with one attached hydrogen (secondary N) is 1. The van der Waals surface area contributed by atoms with E-state index in [2.05, 4.69) is 22.0 Å². The average molecular weight is 409 g/mol. The molecule has 0 unspecified atom stereocenters. The number of hydrogen-bond acceptors (Lipinski definition) is 5. The summed E-state index contributed by atoms with van der Waals surface area (Å²) >= 11 is 0. The van der Waals surface area contributed by atoms with E-state index >= 15 is 0 Å². The van der Waals surface area contributed by atoms with Crippen molar-refractivity contribution < 1.29 is 13.2 Å². The predicted molar refractivity (Wildman–Crippen MR) is 110 cm³/mol. The Morgan fingerprint density at radius 3 is 2.18 bits per heavy atom. The van der Waals surface area contributed by atoms with Gasteiger partial charge in [0.05, 0.1) is 4.90 Å². The van der Waals surface area contributed by atoms with E-state index in [-0.39, 0.29) is 10.8 Å². The van der Waals surface area contributed by atoms with Gasteiger partial charge in [0.15, 0.2) is 0 Å². The Morgan fingerprint density at radius 1 is 0.964 bits per heavy atom. The number of nitrogens with zero attached hydrogens (tertiary/aromatic N) is 3. The van der Waals surface area contributed by atoms with E-state index < -0.39 is 10.0 Å². The van der Waals surface area contributed by atoms with Crippen LogP contribution in [0.5, 0.6) is 0 Å². The van der Waals surface area contributed by atoms with E-state index in [0.717, 1.165) is 58.5 Å². The van der Waals surface area contributed by atoms with Gasteiger partial charge in [-0.25, -0.2) is 8.42 Å². The first-order chi connectivity index (χ1) is 13.5. The first-order valence-corrected chi connectivity index (χ1v) is 11.8. The Bertz CT molecular complexity index is 737. The molecule has 2 aliphatic rings. The summed E-state index contributed by atoms with van der Waals surface area (Å²) in [6, 6.07) is 6.27. The summed E-state index contributed by atoms with van der Waals surface area (Å²) in [5.41, 5.74) is 0.497. The van der Waals surface area contributed by atoms with Gasteiger partial charge in [-0.1, -0.05) is 6.92 Å². The van der Waals surface area contributed by atoms with Crippen molar-refractivity contribution in [3.8, 4) is 0 Å². The van der Waals surface area contributed by atoms with Gasteiger partial charge in [0.25, 0.3) is 5.91 Å². The molecule has 1 aromatic rings. The molecule has 1 N–H and O–H groups in total. The van der Waals surface area contributed by atoms with Gasteiger partial charge in [0.1, 0.15) is 0 Å². The molecular formula is C20H32N4O3S. The second kappa shape index (κ2) is 9.82. The van der Waals surface area contributed by atoms with Crippen molar-refractivity contribution >= 4 is 15.9 Å². The highest BCUT2D eigenvalue weighted by molar-refractivity contribution is 7.89. The van der Waals surface area contributed by atoms with Crippen LogP contribution in [0, 0.1) is 0 Å². The monoisotopic (exact) mass is 408 g/mol. The molecule has 2 fully saturated rings. The van der Waals surface area contributed by atoms with Gasteiger partial charge in [-0.2, -0.15) is 4.31 Å². The van der Waals surface area contributed by atoms with E-state index in [1.54, 1.807) is 12.1 Å². The van der Waals surface area contributed by atoms with Crippen molar-refractivity contribution in [3.63, 3.8) is 0 Å². The van der Waals surface area contributed by atoms with Gasteiger partial charge in [-0.15, -0.1) is 0 Å². The smallest absolute Gasteiger partial charge is 0.251 e. The van der Waals surface area contributed by atoms with Crippen molar-refractivity contribution in [2.24, 2.45) is 0 Å². The number of piperazine rings is 1. The van der Waals surface area contributed by atoms with Gasteiger partial charge in [0.2, 0.25) is 10.0 Å². The van der Waals surface area contributed by atoms with E-state index in [1.165, 1.54) is 16.4 Å². The van der Waals surface area contributed by atoms with E-state index in [4.69, 9.17) is 0 Å². The van der Waals surface area contributed by atoms with Crippen LogP contribution in [0.15, 0.2) is 29.2 Å². The molecule has 1 aromatic carbocycles. The van der Waals surface area contributed by atoms with Crippen LogP contribution in [0.1, 0.15) is 36.5 Å². The Labute approximate surface area is 168 Å². The van der Waals surface area contributed by atoms with Crippen molar-refractivity contribution in [2.75, 3.05) is 58.9 Å². The molecule has 0 radical (unpaired) electrons. The molecule has 156 valence electrons. The Morgan fingerprint density at radius 2 is 1.57 bits per heavy atom. The molecule has 2 heterocycles. The fraction of sp³-hybridized carbons (Fsp3) is 0.650. The van der Waals surface area contributed by atoms with E-state index in [9.17, 15) is 13.2 Å². The van der Waals surface area contributed by atoms with Gasteiger partial charge in [-0.05, 0) is 56.6 Å². The Balaban J connectivity index is 1.42. The summed E-state index contributed by atoms with van der Waals surface area (Å²) in [5.74, 6) is -0.152. The second-order valence-electron chi connectivity index (χ2n) is 7.52. The minimum atomic E-state index is -3.43. The molecule has 1 amide bonds. The second-order valence-corrected chi connectivity index (χ2v) is 9.46. The van der Waals surface area contributed by atoms with Crippen molar-refractivity contribution in [1.29, 1.82) is 0 Å². The SMILES string of the molecule is CCN1CCN(CCCNC(=O)c2ccc(S(=O)(=O)N3CCCC3)cc2)CC1. The minimum absolute atomic E-state index is 0.152. The van der Waals surface area contributed by atoms with Crippen LogP contribution in [-0.2, 0) is 10.0 Å². The zero-order valence-corrected chi connectivity index (χ0v) is 17.6. The fourth-order valence-corrected chi connectivity index (χ4v) is 5.31. The number of carbonyl (C=O) groups excluding carboxylic acids is 1. The standard InChI is InChI=1S/C20H32N4O3S/c1-2-22-14-16-23(17-15-22)11-5-10-21-20(25)18-6-8-19(9-7-18)28(26,27)24-12-3-4-13-24/h6-9H,2-5,10-17H2,1H3,(H,21,25). The van der Waals surface area contributed by atoms with Gasteiger partial charge in [0, 0.05) is 51.4 Å². The summed E-state index contributed by atoms with van der Waals surface area (Å²) in [4.78, 5) is 17.5. The molecule has 0 atom stereocenters. The molecule has 0 saturated carbocycles. The highest BCUT2D eigenvalue weighted by Gasteiger charge is 2.27. The predicted octanol–water partition coefficient (Wildman–Crippen LogP) is 1.23. The summed E-state index contributed by atoms with van der Waals surface area (Å²) in [5, 5.41) is 2.94. The van der Waals surface area contributed by atoms with Crippen molar-refractivity contribution in [1.82, 2.24) is 19.4 Å². The van der Waals surface area contributed by atoms with Crippen LogP contribution in [0.2, 0.25) is 0 Å². The maximum Gasteiger partial charge on any atom is 0.251 e. The molecule has 8 heteroatoms. The zero-order valence-electron chi connectivity index (χ0n) is 16.8. The third-order valence-corrected chi connectivity index (χ3v) is 7.58. The topological polar surface area (TPSA) is 73.0 Å². The van der Waals surface area contributed by atoms with Gasteiger partial charge in [-0.3, -0.25) is 4.79 Å². The summed E-state index contributed by atoms with van der Waals surface area (Å²) < 4.78 is 26.6. The molecule has 28 heavy (non-hydrogen) atoms. The number of hydrogen-bond donors (Lipinski definition) is 1. The number of sulfonamides is 1. The lowest BCUT2D eigenvalue weighted by Crippen LogP contribution is -2.46. The maximum atomic E-state index is 12.5. The van der Waals surface area contributed by atoms with E-state index in [1.807, 2.05) is 0 Å². The van der Waals surface area contributed by atoms with Crippen LogP contribution in [0.25, 0.3) is 0 Å². The maximum absolute atomic E-state index is 12.5. The largest absolute Gasteiger partial charge is 0.352 e. The lowest BCUT2D eigenvalue weighted by molar-refractivity contribution is 0.0948. The van der Waals surface area contributed by atoms with Crippen LogP contribution in [0.4, 0.5) is 0 Å². The van der Waals surface area contributed by atoms with Crippen LogP contribution >= 0.6 is 0 Å². The van der Waals surface area contributed by atoms with Gasteiger partial charge < -0.3 is 15.1 Å². The van der Waals surface area contributed by atoms with Gasteiger partial charge >= 0.3 is 0 Å². The Kier molecular flexibility index (Phi) is 7.45.